The van der Waals surface area contributed by atoms with Crippen molar-refractivity contribution in [2.45, 2.75) is 26.2 Å². The smallest absolute Gasteiger partial charge is 0.238 e. The van der Waals surface area contributed by atoms with Crippen molar-refractivity contribution in [1.82, 2.24) is 4.90 Å². The fourth-order valence-corrected chi connectivity index (χ4v) is 2.97. The highest BCUT2D eigenvalue weighted by Crippen LogP contribution is 2.21. The number of aliphatic hydroxyl groups is 1. The zero-order valence-corrected chi connectivity index (χ0v) is 13.2. The summed E-state index contributed by atoms with van der Waals surface area (Å²) in [7, 11) is 0. The number of anilines is 1. The maximum atomic E-state index is 12.1. The third-order valence-electron chi connectivity index (χ3n) is 3.96. The first-order chi connectivity index (χ1) is 10.1. The number of nitrogens with zero attached hydrogens (tertiary/aromatic N) is 1. The van der Waals surface area contributed by atoms with Gasteiger partial charge in [0.25, 0.3) is 0 Å². The van der Waals surface area contributed by atoms with E-state index < -0.39 is 0 Å². The zero-order chi connectivity index (χ0) is 15.2. The van der Waals surface area contributed by atoms with E-state index in [1.165, 1.54) is 0 Å². The summed E-state index contributed by atoms with van der Waals surface area (Å²) in [6.45, 7) is 4.40. The molecule has 1 aliphatic rings. The van der Waals surface area contributed by atoms with E-state index >= 15 is 0 Å². The molecule has 1 heterocycles. The molecule has 1 unspecified atom stereocenters. The van der Waals surface area contributed by atoms with Gasteiger partial charge in [0, 0.05) is 23.9 Å². The molecule has 1 aromatic rings. The molecule has 1 aromatic carbocycles. The summed E-state index contributed by atoms with van der Waals surface area (Å²) in [5.74, 6) is 0.491. The lowest BCUT2D eigenvalue weighted by Gasteiger charge is -2.31. The van der Waals surface area contributed by atoms with Crippen molar-refractivity contribution in [3.05, 3.63) is 28.8 Å². The van der Waals surface area contributed by atoms with Crippen LogP contribution in [0.3, 0.4) is 0 Å². The predicted octanol–water partition coefficient (Wildman–Crippen LogP) is 2.68. The van der Waals surface area contributed by atoms with Crippen LogP contribution in [0.1, 0.15) is 24.8 Å². The van der Waals surface area contributed by atoms with Crippen LogP contribution < -0.4 is 5.32 Å². The van der Waals surface area contributed by atoms with Crippen LogP contribution in [0, 0.1) is 12.8 Å². The van der Waals surface area contributed by atoms with Crippen LogP contribution in [-0.4, -0.2) is 42.2 Å². The molecule has 1 atom stereocenters. The fourth-order valence-electron chi connectivity index (χ4n) is 2.79. The highest BCUT2D eigenvalue weighted by Gasteiger charge is 2.21. The van der Waals surface area contributed by atoms with Gasteiger partial charge in [-0.2, -0.15) is 0 Å². The van der Waals surface area contributed by atoms with E-state index in [-0.39, 0.29) is 12.5 Å². The molecule has 0 bridgehead atoms. The lowest BCUT2D eigenvalue weighted by Crippen LogP contribution is -2.40. The van der Waals surface area contributed by atoms with Gasteiger partial charge in [-0.05, 0) is 56.3 Å². The first kappa shape index (κ1) is 16.3. The average Bonchev–Trinajstić information content (AvgIpc) is 2.43. The minimum absolute atomic E-state index is 0.0143. The van der Waals surface area contributed by atoms with E-state index in [2.05, 4.69) is 10.2 Å². The Morgan fingerprint density at radius 3 is 3.05 bits per heavy atom. The first-order valence-electron chi connectivity index (χ1n) is 7.47. The summed E-state index contributed by atoms with van der Waals surface area (Å²) in [5.41, 5.74) is 1.73. The Labute approximate surface area is 131 Å². The number of nitrogens with one attached hydrogen (secondary N) is 1. The van der Waals surface area contributed by atoms with Gasteiger partial charge in [0.2, 0.25) is 5.91 Å². The third-order valence-corrected chi connectivity index (χ3v) is 4.37. The van der Waals surface area contributed by atoms with Gasteiger partial charge in [0.05, 0.1) is 6.54 Å². The van der Waals surface area contributed by atoms with Gasteiger partial charge >= 0.3 is 0 Å². The number of aryl methyl sites for hydroxylation is 1. The first-order valence-corrected chi connectivity index (χ1v) is 7.85. The lowest BCUT2D eigenvalue weighted by molar-refractivity contribution is -0.117. The molecule has 1 saturated heterocycles. The third kappa shape index (κ3) is 4.99. The second kappa shape index (κ2) is 7.78. The Bertz CT molecular complexity index is 491. The maximum Gasteiger partial charge on any atom is 0.238 e. The van der Waals surface area contributed by atoms with Crippen molar-refractivity contribution in [1.29, 1.82) is 0 Å². The van der Waals surface area contributed by atoms with Crippen molar-refractivity contribution >= 4 is 23.2 Å². The van der Waals surface area contributed by atoms with Crippen molar-refractivity contribution < 1.29 is 9.90 Å². The summed E-state index contributed by atoms with van der Waals surface area (Å²) in [6.07, 6.45) is 3.06. The summed E-state index contributed by atoms with van der Waals surface area (Å²) < 4.78 is 0. The minimum Gasteiger partial charge on any atom is -0.396 e. The maximum absolute atomic E-state index is 12.1. The Balaban J connectivity index is 1.84. The Morgan fingerprint density at radius 2 is 2.33 bits per heavy atom. The van der Waals surface area contributed by atoms with Crippen LogP contribution in [0.15, 0.2) is 18.2 Å². The normalized spacial score (nSPS) is 19.5. The van der Waals surface area contributed by atoms with Gasteiger partial charge in [-0.3, -0.25) is 9.69 Å². The number of aliphatic hydroxyl groups excluding tert-OH is 1. The quantitative estimate of drug-likeness (QED) is 0.879. The Morgan fingerprint density at radius 1 is 1.52 bits per heavy atom. The van der Waals surface area contributed by atoms with Crippen LogP contribution in [0.5, 0.6) is 0 Å². The predicted molar refractivity (Wildman–Crippen MR) is 85.7 cm³/mol. The van der Waals surface area contributed by atoms with E-state index in [0.29, 0.717) is 17.5 Å². The van der Waals surface area contributed by atoms with Crippen LogP contribution in [0.25, 0.3) is 0 Å². The number of halogens is 1. The highest BCUT2D eigenvalue weighted by atomic mass is 35.5. The minimum atomic E-state index is -0.0143. The van der Waals surface area contributed by atoms with Crippen molar-refractivity contribution in [3.8, 4) is 0 Å². The molecule has 2 N–H and O–H groups in total. The molecule has 4 nitrogen and oxygen atoms in total. The summed E-state index contributed by atoms with van der Waals surface area (Å²) in [5, 5.41) is 12.6. The molecule has 2 rings (SSSR count). The molecule has 0 aromatic heterocycles. The number of amides is 1. The molecular formula is C16H23ClN2O2. The van der Waals surface area contributed by atoms with Crippen LogP contribution in [0.2, 0.25) is 5.02 Å². The van der Waals surface area contributed by atoms with Gasteiger partial charge in [-0.1, -0.05) is 17.7 Å². The molecule has 0 saturated carbocycles. The Hall–Kier alpha value is -1.10. The molecule has 0 aliphatic carbocycles. The molecule has 0 radical (unpaired) electrons. The number of carbonyl (C=O) groups excluding carboxylic acids is 1. The SMILES string of the molecule is Cc1ccc(NC(=O)CN2CCCC(CCO)C2)cc1Cl. The van der Waals surface area contributed by atoms with Gasteiger partial charge < -0.3 is 10.4 Å². The average molecular weight is 311 g/mol. The van der Waals surface area contributed by atoms with Gasteiger partial charge in [0.15, 0.2) is 0 Å². The largest absolute Gasteiger partial charge is 0.396 e. The summed E-state index contributed by atoms with van der Waals surface area (Å²) in [4.78, 5) is 14.3. The van der Waals surface area contributed by atoms with E-state index in [4.69, 9.17) is 16.7 Å². The molecule has 5 heteroatoms. The highest BCUT2D eigenvalue weighted by molar-refractivity contribution is 6.31. The number of rotatable bonds is 5. The molecule has 0 spiro atoms. The number of piperidine rings is 1. The van der Waals surface area contributed by atoms with E-state index in [1.54, 1.807) is 6.07 Å². The zero-order valence-electron chi connectivity index (χ0n) is 12.4. The van der Waals surface area contributed by atoms with Crippen LogP contribution in [0.4, 0.5) is 5.69 Å². The fraction of sp³-hybridized carbons (Fsp3) is 0.562. The van der Waals surface area contributed by atoms with Crippen LogP contribution >= 0.6 is 11.6 Å². The second-order valence-electron chi connectivity index (χ2n) is 5.77. The molecular weight excluding hydrogens is 288 g/mol. The molecule has 1 aliphatic heterocycles. The van der Waals surface area contributed by atoms with Crippen molar-refractivity contribution in [3.63, 3.8) is 0 Å². The summed E-state index contributed by atoms with van der Waals surface area (Å²) in [6, 6.07) is 5.54. The number of likely N-dealkylation sites (tertiary alicyclic amines) is 1. The van der Waals surface area contributed by atoms with E-state index in [9.17, 15) is 4.79 Å². The lowest BCUT2D eigenvalue weighted by atomic mass is 9.95. The number of hydrogen-bond donors (Lipinski definition) is 2. The van der Waals surface area contributed by atoms with E-state index in [0.717, 1.165) is 43.6 Å². The van der Waals surface area contributed by atoms with Crippen LogP contribution in [-0.2, 0) is 4.79 Å². The Kier molecular flexibility index (Phi) is 6.03. The molecule has 1 fully saturated rings. The van der Waals surface area contributed by atoms with Crippen molar-refractivity contribution in [2.24, 2.45) is 5.92 Å². The molecule has 21 heavy (non-hydrogen) atoms. The van der Waals surface area contributed by atoms with E-state index in [1.807, 2.05) is 19.1 Å². The number of benzene rings is 1. The standard InChI is InChI=1S/C16H23ClN2O2/c1-12-4-5-14(9-15(12)17)18-16(21)11-19-7-2-3-13(10-19)6-8-20/h4-5,9,13,20H,2-3,6-8,10-11H2,1H3,(H,18,21). The van der Waals surface area contributed by atoms with Gasteiger partial charge in [-0.25, -0.2) is 0 Å². The number of carbonyl (C=O) groups is 1. The van der Waals surface area contributed by atoms with Gasteiger partial charge in [-0.15, -0.1) is 0 Å². The monoisotopic (exact) mass is 310 g/mol. The summed E-state index contributed by atoms with van der Waals surface area (Å²) >= 11 is 6.06. The topological polar surface area (TPSA) is 52.6 Å². The molecule has 1 amide bonds. The van der Waals surface area contributed by atoms with Gasteiger partial charge in [0.1, 0.15) is 0 Å². The second-order valence-corrected chi connectivity index (χ2v) is 6.17. The van der Waals surface area contributed by atoms with Crippen molar-refractivity contribution in [2.75, 3.05) is 31.6 Å². The number of hydrogen-bond acceptors (Lipinski definition) is 3. The molecule has 116 valence electrons.